The minimum absolute atomic E-state index is 0.315. The average molecular weight is 276 g/mol. The standard InChI is InChI=1S/C13H13FN4S/c1-13(11-16-6-7-19-11)8-17-12(15)18(13)10-5-3-2-4-9(10)14/h2-7H,8H2,1H3,(H2,15,17). The van der Waals surface area contributed by atoms with Gasteiger partial charge in [0.25, 0.3) is 0 Å². The maximum Gasteiger partial charge on any atom is 0.196 e. The molecule has 1 aromatic carbocycles. The van der Waals surface area contributed by atoms with Crippen LogP contribution in [0.3, 0.4) is 0 Å². The highest BCUT2D eigenvalue weighted by Gasteiger charge is 2.43. The van der Waals surface area contributed by atoms with Gasteiger partial charge in [0.15, 0.2) is 5.96 Å². The summed E-state index contributed by atoms with van der Waals surface area (Å²) in [5.41, 5.74) is 5.85. The molecule has 4 nitrogen and oxygen atoms in total. The Labute approximate surface area is 114 Å². The molecule has 1 atom stereocenters. The van der Waals surface area contributed by atoms with E-state index in [2.05, 4.69) is 9.98 Å². The number of anilines is 1. The lowest BCUT2D eigenvalue weighted by molar-refractivity contribution is 0.517. The minimum atomic E-state index is -0.527. The molecule has 0 saturated carbocycles. The zero-order chi connectivity index (χ0) is 13.5. The predicted molar refractivity (Wildman–Crippen MR) is 74.8 cm³/mol. The van der Waals surface area contributed by atoms with Gasteiger partial charge in [-0.3, -0.25) is 9.89 Å². The van der Waals surface area contributed by atoms with Crippen molar-refractivity contribution < 1.29 is 4.39 Å². The van der Waals surface area contributed by atoms with Crippen molar-refractivity contribution in [1.82, 2.24) is 4.98 Å². The van der Waals surface area contributed by atoms with E-state index in [1.165, 1.54) is 17.4 Å². The predicted octanol–water partition coefficient (Wildman–Crippen LogP) is 2.33. The molecule has 0 bridgehead atoms. The molecular weight excluding hydrogens is 263 g/mol. The Balaban J connectivity index is 2.12. The zero-order valence-electron chi connectivity index (χ0n) is 10.4. The van der Waals surface area contributed by atoms with Crippen LogP contribution in [-0.4, -0.2) is 17.5 Å². The fourth-order valence-electron chi connectivity index (χ4n) is 2.30. The lowest BCUT2D eigenvalue weighted by Crippen LogP contribution is -2.48. The normalized spacial score (nSPS) is 22.6. The highest BCUT2D eigenvalue weighted by Crippen LogP contribution is 2.38. The third-order valence-corrected chi connectivity index (χ3v) is 4.28. The third kappa shape index (κ3) is 1.79. The second kappa shape index (κ2) is 4.31. The Bertz CT molecular complexity index is 625. The van der Waals surface area contributed by atoms with E-state index in [0.29, 0.717) is 18.2 Å². The molecule has 0 radical (unpaired) electrons. The van der Waals surface area contributed by atoms with E-state index in [4.69, 9.17) is 5.73 Å². The van der Waals surface area contributed by atoms with Gasteiger partial charge in [0.2, 0.25) is 0 Å². The van der Waals surface area contributed by atoms with E-state index in [1.807, 2.05) is 12.3 Å². The molecule has 0 spiro atoms. The molecule has 0 fully saturated rings. The Morgan fingerprint density at radius 2 is 2.21 bits per heavy atom. The number of nitrogens with zero attached hydrogens (tertiary/aromatic N) is 3. The number of aromatic nitrogens is 1. The third-order valence-electron chi connectivity index (χ3n) is 3.26. The van der Waals surface area contributed by atoms with Gasteiger partial charge in [-0.05, 0) is 19.1 Å². The van der Waals surface area contributed by atoms with Crippen LogP contribution in [0, 0.1) is 5.82 Å². The van der Waals surface area contributed by atoms with E-state index in [0.717, 1.165) is 5.01 Å². The van der Waals surface area contributed by atoms with Crippen LogP contribution in [0.4, 0.5) is 10.1 Å². The van der Waals surface area contributed by atoms with Crippen molar-refractivity contribution in [2.45, 2.75) is 12.5 Å². The lowest BCUT2D eigenvalue weighted by Gasteiger charge is -2.34. The molecule has 1 aliphatic rings. The summed E-state index contributed by atoms with van der Waals surface area (Å²) < 4.78 is 14.0. The van der Waals surface area contributed by atoms with Gasteiger partial charge in [-0.25, -0.2) is 9.37 Å². The molecular formula is C13H13FN4S. The van der Waals surface area contributed by atoms with Crippen molar-refractivity contribution in [3.63, 3.8) is 0 Å². The summed E-state index contributed by atoms with van der Waals surface area (Å²) in [7, 11) is 0. The van der Waals surface area contributed by atoms with Crippen LogP contribution in [0.2, 0.25) is 0 Å². The summed E-state index contributed by atoms with van der Waals surface area (Å²) in [4.78, 5) is 10.3. The number of hydrogen-bond donors (Lipinski definition) is 1. The van der Waals surface area contributed by atoms with Gasteiger partial charge < -0.3 is 5.73 Å². The quantitative estimate of drug-likeness (QED) is 0.916. The molecule has 19 heavy (non-hydrogen) atoms. The first kappa shape index (κ1) is 12.1. The van der Waals surface area contributed by atoms with Crippen LogP contribution in [0.15, 0.2) is 40.8 Å². The number of benzene rings is 1. The van der Waals surface area contributed by atoms with Gasteiger partial charge in [-0.1, -0.05) is 12.1 Å². The van der Waals surface area contributed by atoms with Crippen molar-refractivity contribution in [3.05, 3.63) is 46.7 Å². The number of guanidine groups is 1. The van der Waals surface area contributed by atoms with Gasteiger partial charge in [-0.15, -0.1) is 11.3 Å². The van der Waals surface area contributed by atoms with Crippen LogP contribution in [0.25, 0.3) is 0 Å². The van der Waals surface area contributed by atoms with Gasteiger partial charge >= 0.3 is 0 Å². The van der Waals surface area contributed by atoms with Crippen LogP contribution >= 0.6 is 11.3 Å². The molecule has 2 aromatic rings. The number of para-hydroxylation sites is 1. The average Bonchev–Trinajstić information content (AvgIpc) is 3.01. The number of nitrogens with two attached hydrogens (primary N) is 1. The van der Waals surface area contributed by atoms with E-state index in [-0.39, 0.29) is 5.82 Å². The fourth-order valence-corrected chi connectivity index (χ4v) is 3.09. The number of aliphatic imine (C=N–C) groups is 1. The van der Waals surface area contributed by atoms with E-state index in [9.17, 15) is 4.39 Å². The maximum absolute atomic E-state index is 14.0. The highest BCUT2D eigenvalue weighted by atomic mass is 32.1. The van der Waals surface area contributed by atoms with Crippen molar-refractivity contribution in [2.75, 3.05) is 11.4 Å². The maximum atomic E-state index is 14.0. The molecule has 0 saturated heterocycles. The first-order valence-electron chi connectivity index (χ1n) is 5.87. The smallest absolute Gasteiger partial charge is 0.196 e. The summed E-state index contributed by atoms with van der Waals surface area (Å²) in [6.07, 6.45) is 1.74. The van der Waals surface area contributed by atoms with E-state index >= 15 is 0 Å². The molecule has 1 aliphatic heterocycles. The summed E-state index contributed by atoms with van der Waals surface area (Å²) in [5, 5.41) is 2.77. The lowest BCUT2D eigenvalue weighted by atomic mass is 10.0. The molecule has 1 unspecified atom stereocenters. The molecule has 0 amide bonds. The number of thiazole rings is 1. The Kier molecular flexibility index (Phi) is 2.74. The summed E-state index contributed by atoms with van der Waals surface area (Å²) in [6, 6.07) is 6.56. The van der Waals surface area contributed by atoms with Crippen molar-refractivity contribution in [1.29, 1.82) is 0 Å². The Hall–Kier alpha value is -1.95. The zero-order valence-corrected chi connectivity index (χ0v) is 11.2. The molecule has 0 aliphatic carbocycles. The van der Waals surface area contributed by atoms with Gasteiger partial charge in [0.1, 0.15) is 16.4 Å². The van der Waals surface area contributed by atoms with E-state index in [1.54, 1.807) is 29.3 Å². The second-order valence-electron chi connectivity index (χ2n) is 4.57. The molecule has 2 heterocycles. The number of hydrogen-bond acceptors (Lipinski definition) is 5. The molecule has 98 valence electrons. The Morgan fingerprint density at radius 1 is 1.42 bits per heavy atom. The molecule has 2 N–H and O–H groups in total. The van der Waals surface area contributed by atoms with Crippen molar-refractivity contribution >= 4 is 23.0 Å². The largest absolute Gasteiger partial charge is 0.369 e. The van der Waals surface area contributed by atoms with Crippen molar-refractivity contribution in [2.24, 2.45) is 10.7 Å². The van der Waals surface area contributed by atoms with Crippen LogP contribution < -0.4 is 10.6 Å². The van der Waals surface area contributed by atoms with Gasteiger partial charge in [0.05, 0.1) is 12.2 Å². The molecule has 3 rings (SSSR count). The van der Waals surface area contributed by atoms with E-state index < -0.39 is 5.54 Å². The Morgan fingerprint density at radius 3 is 2.89 bits per heavy atom. The topological polar surface area (TPSA) is 54.5 Å². The van der Waals surface area contributed by atoms with Gasteiger partial charge in [-0.2, -0.15) is 0 Å². The first-order valence-corrected chi connectivity index (χ1v) is 6.75. The number of rotatable bonds is 2. The first-order chi connectivity index (χ1) is 9.13. The van der Waals surface area contributed by atoms with Crippen LogP contribution in [0.5, 0.6) is 0 Å². The fraction of sp³-hybridized carbons (Fsp3) is 0.231. The monoisotopic (exact) mass is 276 g/mol. The van der Waals surface area contributed by atoms with Crippen LogP contribution in [-0.2, 0) is 5.54 Å². The summed E-state index contributed by atoms with van der Waals surface area (Å²) in [5.74, 6) is 0.00753. The second-order valence-corrected chi connectivity index (χ2v) is 5.47. The SMILES string of the molecule is CC1(c2nccs2)CN=C(N)N1c1ccccc1F. The number of halogens is 1. The minimum Gasteiger partial charge on any atom is -0.369 e. The highest BCUT2D eigenvalue weighted by molar-refractivity contribution is 7.09. The molecule has 1 aromatic heterocycles. The van der Waals surface area contributed by atoms with Gasteiger partial charge in [0, 0.05) is 11.6 Å². The summed E-state index contributed by atoms with van der Waals surface area (Å²) in [6.45, 7) is 2.45. The molecule has 6 heteroatoms. The van der Waals surface area contributed by atoms with Crippen molar-refractivity contribution in [3.8, 4) is 0 Å². The van der Waals surface area contributed by atoms with Crippen LogP contribution in [0.1, 0.15) is 11.9 Å². The summed E-state index contributed by atoms with van der Waals surface area (Å²) >= 11 is 1.52.